The number of nitrogens with two attached hydrogens (primary N) is 1. The lowest BCUT2D eigenvalue weighted by molar-refractivity contribution is 0.577. The zero-order valence-corrected chi connectivity index (χ0v) is 12.3. The molecule has 0 spiro atoms. The molecule has 1 rings (SSSR count). The largest absolute Gasteiger partial charge is 0.327 e. The normalized spacial score (nSPS) is 13.6. The summed E-state index contributed by atoms with van der Waals surface area (Å²) in [6.45, 7) is 4.18. The molecule has 0 aliphatic rings. The average Bonchev–Trinajstić information content (AvgIpc) is 2.21. The van der Waals surface area contributed by atoms with Crippen LogP contribution in [0.15, 0.2) is 18.2 Å². The molecule has 1 aromatic rings. The molecule has 1 aromatic carbocycles. The minimum absolute atomic E-state index is 0.0360. The van der Waals surface area contributed by atoms with Crippen molar-refractivity contribution in [1.82, 2.24) is 0 Å². The fraction of sp³-hybridized carbons (Fsp3) is 0.571. The molecular formula is C14H23NO2S. The molecule has 4 heteroatoms. The number of hydrogen-bond donors (Lipinski definition) is 1. The molecule has 1 unspecified atom stereocenters. The smallest absolute Gasteiger partial charge is 0.147 e. The minimum atomic E-state index is -2.86. The van der Waals surface area contributed by atoms with Crippen LogP contribution in [-0.2, 0) is 16.3 Å². The second-order valence-corrected chi connectivity index (χ2v) is 7.41. The van der Waals surface area contributed by atoms with Crippen molar-refractivity contribution in [2.45, 2.75) is 39.2 Å². The predicted octanol–water partition coefficient (Wildman–Crippen LogP) is 2.00. The van der Waals surface area contributed by atoms with Gasteiger partial charge in [0.1, 0.15) is 9.84 Å². The van der Waals surface area contributed by atoms with Gasteiger partial charge in [-0.15, -0.1) is 0 Å². The van der Waals surface area contributed by atoms with Gasteiger partial charge in [-0.25, -0.2) is 8.42 Å². The molecule has 0 heterocycles. The standard InChI is InChI=1S/C14H23NO2S/c1-11-6-7-13(9-12(11)2)10-14(15)5-4-8-18(3,16)17/h6-7,9,14H,4-5,8,10,15H2,1-3H3. The number of benzene rings is 1. The molecule has 0 aliphatic heterocycles. The summed E-state index contributed by atoms with van der Waals surface area (Å²) >= 11 is 0. The summed E-state index contributed by atoms with van der Waals surface area (Å²) in [7, 11) is -2.86. The minimum Gasteiger partial charge on any atom is -0.327 e. The summed E-state index contributed by atoms with van der Waals surface area (Å²) in [4.78, 5) is 0. The molecule has 0 aromatic heterocycles. The van der Waals surface area contributed by atoms with Crippen LogP contribution in [0.25, 0.3) is 0 Å². The molecule has 0 radical (unpaired) electrons. The molecule has 102 valence electrons. The first-order chi connectivity index (χ1) is 8.28. The van der Waals surface area contributed by atoms with Crippen molar-refractivity contribution in [1.29, 1.82) is 0 Å². The number of rotatable bonds is 6. The highest BCUT2D eigenvalue weighted by Crippen LogP contribution is 2.12. The van der Waals surface area contributed by atoms with Crippen LogP contribution >= 0.6 is 0 Å². The molecular weight excluding hydrogens is 246 g/mol. The van der Waals surface area contributed by atoms with Crippen LogP contribution < -0.4 is 5.73 Å². The van der Waals surface area contributed by atoms with E-state index in [1.807, 2.05) is 0 Å². The van der Waals surface area contributed by atoms with Crippen LogP contribution in [0.3, 0.4) is 0 Å². The number of aryl methyl sites for hydroxylation is 2. The van der Waals surface area contributed by atoms with Crippen molar-refractivity contribution >= 4 is 9.84 Å². The Morgan fingerprint density at radius 2 is 1.89 bits per heavy atom. The fourth-order valence-corrected chi connectivity index (χ4v) is 2.63. The van der Waals surface area contributed by atoms with Gasteiger partial charge in [-0.2, -0.15) is 0 Å². The summed E-state index contributed by atoms with van der Waals surface area (Å²) in [6.07, 6.45) is 3.47. The maximum atomic E-state index is 11.0. The lowest BCUT2D eigenvalue weighted by Gasteiger charge is -2.12. The highest BCUT2D eigenvalue weighted by molar-refractivity contribution is 7.90. The second-order valence-electron chi connectivity index (χ2n) is 5.15. The zero-order valence-electron chi connectivity index (χ0n) is 11.4. The van der Waals surface area contributed by atoms with E-state index in [1.54, 1.807) is 0 Å². The average molecular weight is 269 g/mol. The lowest BCUT2D eigenvalue weighted by atomic mass is 9.99. The molecule has 2 N–H and O–H groups in total. The topological polar surface area (TPSA) is 60.2 Å². The van der Waals surface area contributed by atoms with Gasteiger partial charge in [0.2, 0.25) is 0 Å². The predicted molar refractivity (Wildman–Crippen MR) is 76.5 cm³/mol. The van der Waals surface area contributed by atoms with Crippen molar-refractivity contribution in [3.05, 3.63) is 34.9 Å². The van der Waals surface area contributed by atoms with E-state index in [4.69, 9.17) is 5.73 Å². The van der Waals surface area contributed by atoms with E-state index >= 15 is 0 Å². The Balaban J connectivity index is 2.44. The lowest BCUT2D eigenvalue weighted by Crippen LogP contribution is -2.23. The maximum absolute atomic E-state index is 11.0. The Hall–Kier alpha value is -0.870. The SMILES string of the molecule is Cc1ccc(CC(N)CCCS(C)(=O)=O)cc1C. The van der Waals surface area contributed by atoms with Crippen LogP contribution in [-0.4, -0.2) is 26.5 Å². The van der Waals surface area contributed by atoms with Crippen molar-refractivity contribution < 1.29 is 8.42 Å². The van der Waals surface area contributed by atoms with Crippen molar-refractivity contribution in [2.75, 3.05) is 12.0 Å². The summed E-state index contributed by atoms with van der Waals surface area (Å²) in [5, 5.41) is 0. The molecule has 0 bridgehead atoms. The Kier molecular flexibility index (Phi) is 5.35. The number of sulfone groups is 1. The highest BCUT2D eigenvalue weighted by atomic mass is 32.2. The van der Waals surface area contributed by atoms with Crippen LogP contribution in [0, 0.1) is 13.8 Å². The third kappa shape index (κ3) is 5.65. The first-order valence-corrected chi connectivity index (χ1v) is 8.33. The van der Waals surface area contributed by atoms with E-state index in [-0.39, 0.29) is 11.8 Å². The summed E-state index contributed by atoms with van der Waals surface area (Å²) in [6, 6.07) is 6.40. The molecule has 0 saturated heterocycles. The van der Waals surface area contributed by atoms with Gasteiger partial charge in [0.25, 0.3) is 0 Å². The quantitative estimate of drug-likeness (QED) is 0.859. The third-order valence-electron chi connectivity index (χ3n) is 3.16. The summed E-state index contributed by atoms with van der Waals surface area (Å²) in [5.74, 6) is 0.230. The van der Waals surface area contributed by atoms with E-state index in [2.05, 4.69) is 32.0 Å². The van der Waals surface area contributed by atoms with Crippen molar-refractivity contribution in [3.63, 3.8) is 0 Å². The van der Waals surface area contributed by atoms with Gasteiger partial charge < -0.3 is 5.73 Å². The molecule has 3 nitrogen and oxygen atoms in total. The van der Waals surface area contributed by atoms with E-state index in [1.165, 1.54) is 22.9 Å². The second kappa shape index (κ2) is 6.34. The van der Waals surface area contributed by atoms with Gasteiger partial charge in [-0.05, 0) is 49.8 Å². The molecule has 0 aliphatic carbocycles. The van der Waals surface area contributed by atoms with Crippen LogP contribution in [0.2, 0.25) is 0 Å². The molecule has 18 heavy (non-hydrogen) atoms. The van der Waals surface area contributed by atoms with Crippen LogP contribution in [0.1, 0.15) is 29.5 Å². The third-order valence-corrected chi connectivity index (χ3v) is 4.19. The molecule has 0 amide bonds. The Morgan fingerprint density at radius 1 is 1.22 bits per heavy atom. The summed E-state index contributed by atoms with van der Waals surface area (Å²) < 4.78 is 22.0. The van der Waals surface area contributed by atoms with Gasteiger partial charge in [-0.1, -0.05) is 18.2 Å². The van der Waals surface area contributed by atoms with Crippen molar-refractivity contribution in [3.8, 4) is 0 Å². The zero-order chi connectivity index (χ0) is 13.8. The van der Waals surface area contributed by atoms with Crippen molar-refractivity contribution in [2.24, 2.45) is 5.73 Å². The van der Waals surface area contributed by atoms with Gasteiger partial charge in [0, 0.05) is 18.1 Å². The van der Waals surface area contributed by atoms with Crippen LogP contribution in [0.5, 0.6) is 0 Å². The van der Waals surface area contributed by atoms with E-state index in [9.17, 15) is 8.42 Å². The Morgan fingerprint density at radius 3 is 2.44 bits per heavy atom. The number of hydrogen-bond acceptors (Lipinski definition) is 3. The van der Waals surface area contributed by atoms with Crippen LogP contribution in [0.4, 0.5) is 0 Å². The van der Waals surface area contributed by atoms with E-state index in [0.29, 0.717) is 6.42 Å². The fourth-order valence-electron chi connectivity index (χ4n) is 1.94. The van der Waals surface area contributed by atoms with Gasteiger partial charge in [-0.3, -0.25) is 0 Å². The van der Waals surface area contributed by atoms with E-state index in [0.717, 1.165) is 12.8 Å². The van der Waals surface area contributed by atoms with E-state index < -0.39 is 9.84 Å². The molecule has 0 fully saturated rings. The first-order valence-electron chi connectivity index (χ1n) is 6.27. The monoisotopic (exact) mass is 269 g/mol. The maximum Gasteiger partial charge on any atom is 0.147 e. The molecule has 0 saturated carbocycles. The Bertz CT molecular complexity index is 495. The molecule has 1 atom stereocenters. The van der Waals surface area contributed by atoms with Gasteiger partial charge in [0.15, 0.2) is 0 Å². The first kappa shape index (κ1) is 15.2. The summed E-state index contributed by atoms with van der Waals surface area (Å²) in [5.41, 5.74) is 9.81. The van der Waals surface area contributed by atoms with Gasteiger partial charge in [0.05, 0.1) is 0 Å². The highest BCUT2D eigenvalue weighted by Gasteiger charge is 2.08. The Labute approximate surface area is 110 Å². The van der Waals surface area contributed by atoms with Gasteiger partial charge >= 0.3 is 0 Å².